The van der Waals surface area contributed by atoms with E-state index in [1.165, 1.54) is 11.6 Å². The van der Waals surface area contributed by atoms with Gasteiger partial charge in [-0.25, -0.2) is 4.79 Å². The Morgan fingerprint density at radius 1 is 1.34 bits per heavy atom. The molecule has 2 N–H and O–H groups in total. The number of allylic oxidation sites excluding steroid dienone is 2. The first kappa shape index (κ1) is 19.3. The Balaban J connectivity index is 1.57. The van der Waals surface area contributed by atoms with Crippen molar-refractivity contribution in [2.45, 2.75) is 57.5 Å². The molecule has 4 nitrogen and oxygen atoms in total. The molecule has 5 aliphatic carbocycles. The fourth-order valence-corrected chi connectivity index (χ4v) is 8.52. The topological polar surface area (TPSA) is 74.6 Å². The van der Waals surface area contributed by atoms with Gasteiger partial charge in [-0.05, 0) is 92.1 Å². The maximum absolute atomic E-state index is 12.0. The molecule has 5 rings (SSSR count). The molecule has 0 aromatic carbocycles. The highest BCUT2D eigenvalue weighted by Gasteiger charge is 2.76. The Kier molecular flexibility index (Phi) is 4.26. The first-order valence-electron chi connectivity index (χ1n) is 11.4. The minimum atomic E-state index is -1.01. The molecule has 0 radical (unpaired) electrons. The van der Waals surface area contributed by atoms with Crippen molar-refractivity contribution < 1.29 is 19.8 Å². The van der Waals surface area contributed by atoms with Crippen molar-refractivity contribution in [3.05, 3.63) is 36.5 Å². The van der Waals surface area contributed by atoms with Crippen LogP contribution in [0.2, 0.25) is 0 Å². The molecule has 4 heteroatoms. The van der Waals surface area contributed by atoms with E-state index in [2.05, 4.69) is 19.6 Å². The van der Waals surface area contributed by atoms with Crippen molar-refractivity contribution in [2.75, 3.05) is 0 Å². The number of carboxylic acid groups (broad SMARTS) is 1. The van der Waals surface area contributed by atoms with Gasteiger partial charge < -0.3 is 10.2 Å². The highest BCUT2D eigenvalue weighted by molar-refractivity contribution is 5.91. The summed E-state index contributed by atoms with van der Waals surface area (Å²) in [7, 11) is 0. The SMILES string of the molecule is C=C[C@@H]1CC2=CC(=O)CC[C@@H]2[C@H]2CC[C@@]3(CC)[C@@H]([C@@H]4C[C@@H]4[C@@]3(O)/C=C\C(=O)O)[C@@H]21. The molecule has 0 unspecified atom stereocenters. The molecule has 9 atom stereocenters. The van der Waals surface area contributed by atoms with E-state index in [0.717, 1.165) is 38.5 Å². The smallest absolute Gasteiger partial charge is 0.328 e. The second-order valence-electron chi connectivity index (χ2n) is 10.3. The number of hydrogen-bond donors (Lipinski definition) is 2. The maximum atomic E-state index is 12.0. The van der Waals surface area contributed by atoms with Crippen molar-refractivity contribution in [3.8, 4) is 0 Å². The summed E-state index contributed by atoms with van der Waals surface area (Å²) in [4.78, 5) is 23.3. The van der Waals surface area contributed by atoms with E-state index in [1.807, 2.05) is 6.08 Å². The molecule has 0 heterocycles. The number of fused-ring (bicyclic) bond motifs is 7. The molecule has 5 aliphatic rings. The van der Waals surface area contributed by atoms with E-state index in [-0.39, 0.29) is 17.1 Å². The van der Waals surface area contributed by atoms with Gasteiger partial charge in [0.25, 0.3) is 0 Å². The Morgan fingerprint density at radius 3 is 2.83 bits per heavy atom. The molecular weight excluding hydrogens is 364 g/mol. The van der Waals surface area contributed by atoms with E-state index in [0.29, 0.717) is 41.9 Å². The third kappa shape index (κ3) is 2.47. The average Bonchev–Trinajstić information content (AvgIpc) is 3.47. The number of carboxylic acids is 1. The quantitative estimate of drug-likeness (QED) is 0.553. The molecule has 4 saturated carbocycles. The Morgan fingerprint density at radius 2 is 2.14 bits per heavy atom. The van der Waals surface area contributed by atoms with Crippen LogP contribution in [0.1, 0.15) is 51.9 Å². The molecule has 156 valence electrons. The van der Waals surface area contributed by atoms with E-state index in [9.17, 15) is 19.8 Å². The standard InChI is InChI=1S/C25H32O4/c1-3-14-11-15-12-16(26)5-6-17(15)18-7-9-24(4-2)23(22(14)18)19-13-20(19)25(24,29)10-8-21(27)28/h3,8,10,12,14,17-20,22-23,29H,1,4-7,9,11,13H2,2H3,(H,27,28)/b10-8-/t14-,17+,18-,19-,20+,22-,23+,24+,25+/m1/s1. The second kappa shape index (κ2) is 6.41. The van der Waals surface area contributed by atoms with Crippen LogP contribution in [0.4, 0.5) is 0 Å². The van der Waals surface area contributed by atoms with E-state index < -0.39 is 11.6 Å². The third-order valence-corrected chi connectivity index (χ3v) is 9.56. The van der Waals surface area contributed by atoms with Gasteiger partial charge in [-0.2, -0.15) is 0 Å². The molecule has 0 bridgehead atoms. The monoisotopic (exact) mass is 396 g/mol. The molecule has 0 amide bonds. The van der Waals surface area contributed by atoms with Gasteiger partial charge in [0.2, 0.25) is 0 Å². The van der Waals surface area contributed by atoms with Gasteiger partial charge in [-0.15, -0.1) is 6.58 Å². The van der Waals surface area contributed by atoms with Crippen LogP contribution < -0.4 is 0 Å². The van der Waals surface area contributed by atoms with Crippen molar-refractivity contribution in [1.29, 1.82) is 0 Å². The Bertz CT molecular complexity index is 825. The van der Waals surface area contributed by atoms with Crippen molar-refractivity contribution in [1.82, 2.24) is 0 Å². The van der Waals surface area contributed by atoms with E-state index in [4.69, 9.17) is 0 Å². The predicted octanol–water partition coefficient (Wildman–Crippen LogP) is 4.16. The van der Waals surface area contributed by atoms with Crippen LogP contribution in [0.25, 0.3) is 0 Å². The molecule has 0 spiro atoms. The number of carbonyl (C=O) groups excluding carboxylic acids is 1. The number of aliphatic hydroxyl groups is 1. The predicted molar refractivity (Wildman–Crippen MR) is 110 cm³/mol. The summed E-state index contributed by atoms with van der Waals surface area (Å²) in [6, 6.07) is 0. The van der Waals surface area contributed by atoms with Crippen LogP contribution in [0.5, 0.6) is 0 Å². The number of aliphatic carboxylic acids is 1. The minimum Gasteiger partial charge on any atom is -0.478 e. The van der Waals surface area contributed by atoms with Crippen LogP contribution >= 0.6 is 0 Å². The van der Waals surface area contributed by atoms with Gasteiger partial charge in [0.15, 0.2) is 5.78 Å². The van der Waals surface area contributed by atoms with Gasteiger partial charge >= 0.3 is 5.97 Å². The summed E-state index contributed by atoms with van der Waals surface area (Å²) in [6.07, 6.45) is 13.3. The molecule has 0 saturated heterocycles. The number of rotatable bonds is 4. The first-order valence-corrected chi connectivity index (χ1v) is 11.4. The van der Waals surface area contributed by atoms with E-state index in [1.54, 1.807) is 6.08 Å². The molecule has 4 fully saturated rings. The lowest BCUT2D eigenvalue weighted by atomic mass is 9.46. The summed E-state index contributed by atoms with van der Waals surface area (Å²) in [5.74, 6) is 2.28. The maximum Gasteiger partial charge on any atom is 0.328 e. The molecule has 0 aliphatic heterocycles. The van der Waals surface area contributed by atoms with Gasteiger partial charge in [0.05, 0.1) is 5.60 Å². The summed E-state index contributed by atoms with van der Waals surface area (Å²) in [5.41, 5.74) is 0.0913. The van der Waals surface area contributed by atoms with Gasteiger partial charge in [0.1, 0.15) is 0 Å². The van der Waals surface area contributed by atoms with Gasteiger partial charge in [-0.1, -0.05) is 18.6 Å². The lowest BCUT2D eigenvalue weighted by Gasteiger charge is -2.59. The lowest BCUT2D eigenvalue weighted by Crippen LogP contribution is -2.57. The molecule has 0 aromatic heterocycles. The number of carbonyl (C=O) groups is 2. The number of ketones is 1. The second-order valence-corrected chi connectivity index (χ2v) is 10.3. The summed E-state index contributed by atoms with van der Waals surface area (Å²) in [5, 5.41) is 21.1. The van der Waals surface area contributed by atoms with Crippen LogP contribution in [0.15, 0.2) is 36.5 Å². The zero-order valence-electron chi connectivity index (χ0n) is 17.2. The zero-order valence-corrected chi connectivity index (χ0v) is 17.2. The van der Waals surface area contributed by atoms with E-state index >= 15 is 0 Å². The fraction of sp³-hybridized carbons (Fsp3) is 0.680. The van der Waals surface area contributed by atoms with Crippen molar-refractivity contribution in [2.24, 2.45) is 46.8 Å². The van der Waals surface area contributed by atoms with Crippen LogP contribution in [-0.4, -0.2) is 27.6 Å². The lowest BCUT2D eigenvalue weighted by molar-refractivity contribution is -0.137. The fourth-order valence-electron chi connectivity index (χ4n) is 8.52. The number of hydrogen-bond acceptors (Lipinski definition) is 3. The largest absolute Gasteiger partial charge is 0.478 e. The Hall–Kier alpha value is -1.68. The third-order valence-electron chi connectivity index (χ3n) is 9.56. The van der Waals surface area contributed by atoms with Crippen LogP contribution in [-0.2, 0) is 9.59 Å². The molecule has 29 heavy (non-hydrogen) atoms. The average molecular weight is 397 g/mol. The van der Waals surface area contributed by atoms with Crippen molar-refractivity contribution in [3.63, 3.8) is 0 Å². The summed E-state index contributed by atoms with van der Waals surface area (Å²) < 4.78 is 0. The first-order chi connectivity index (χ1) is 13.9. The summed E-state index contributed by atoms with van der Waals surface area (Å²) in [6.45, 7) is 6.34. The Labute approximate surface area is 172 Å². The highest BCUT2D eigenvalue weighted by Crippen LogP contribution is 2.77. The normalized spacial score (nSPS) is 50.2. The van der Waals surface area contributed by atoms with Crippen LogP contribution in [0, 0.1) is 46.8 Å². The van der Waals surface area contributed by atoms with Crippen LogP contribution in [0.3, 0.4) is 0 Å². The molecular formula is C25H32O4. The summed E-state index contributed by atoms with van der Waals surface area (Å²) >= 11 is 0. The minimum absolute atomic E-state index is 0.192. The molecule has 0 aromatic rings. The highest BCUT2D eigenvalue weighted by atomic mass is 16.4. The zero-order chi connectivity index (χ0) is 20.6. The van der Waals surface area contributed by atoms with Gasteiger partial charge in [0, 0.05) is 17.9 Å². The van der Waals surface area contributed by atoms with Crippen molar-refractivity contribution >= 4 is 11.8 Å². The van der Waals surface area contributed by atoms with Gasteiger partial charge in [-0.3, -0.25) is 4.79 Å².